The molecule has 4 rings (SSSR count). The smallest absolute Gasteiger partial charge is 0.259 e. The van der Waals surface area contributed by atoms with Crippen LogP contribution in [0.15, 0.2) is 58.5 Å². The van der Waals surface area contributed by atoms with Gasteiger partial charge in [-0.25, -0.2) is 0 Å². The molecule has 2 aliphatic rings. The van der Waals surface area contributed by atoms with Gasteiger partial charge >= 0.3 is 0 Å². The van der Waals surface area contributed by atoms with Gasteiger partial charge in [-0.2, -0.15) is 0 Å². The van der Waals surface area contributed by atoms with Crippen LogP contribution in [0.4, 0.5) is 0 Å². The number of amides is 1. The number of piperidine rings is 1. The van der Waals surface area contributed by atoms with E-state index in [0.29, 0.717) is 11.3 Å². The van der Waals surface area contributed by atoms with E-state index >= 15 is 0 Å². The second kappa shape index (κ2) is 6.83. The monoisotopic (exact) mass is 350 g/mol. The van der Waals surface area contributed by atoms with Crippen molar-refractivity contribution in [3.05, 3.63) is 69.7 Å². The molecule has 1 amide bonds. The lowest BCUT2D eigenvalue weighted by Crippen LogP contribution is -2.37. The fourth-order valence-corrected chi connectivity index (χ4v) is 3.56. The number of benzene rings is 1. The lowest BCUT2D eigenvalue weighted by atomic mass is 10.0. The average molecular weight is 350 g/mol. The average Bonchev–Trinajstić information content (AvgIpc) is 3.53. The molecule has 1 aliphatic carbocycles. The van der Waals surface area contributed by atoms with Gasteiger partial charge in [-0.1, -0.05) is 29.3 Å². The first-order valence-corrected chi connectivity index (χ1v) is 9.02. The van der Waals surface area contributed by atoms with Crippen molar-refractivity contribution in [2.24, 2.45) is 0 Å². The highest BCUT2D eigenvalue weighted by molar-refractivity contribution is 5.96. The number of allylic oxidation sites excluding steroid dienone is 1. The molecule has 0 unspecified atom stereocenters. The van der Waals surface area contributed by atoms with Crippen LogP contribution < -0.4 is 10.3 Å². The number of rotatable bonds is 3. The standard InChI is InChI=1S/C21H22N2O3/c1-26-19-13-20(24)23(17-5-3-2-4-6-17)14-18(19)21(25)22-11-9-16(10-12-22)15-7-8-15/h2-6,13-14H,7-12H2,1H3. The van der Waals surface area contributed by atoms with Gasteiger partial charge in [0.25, 0.3) is 11.5 Å². The van der Waals surface area contributed by atoms with Crippen LogP contribution in [0.2, 0.25) is 0 Å². The van der Waals surface area contributed by atoms with Gasteiger partial charge in [-0.15, -0.1) is 0 Å². The zero-order chi connectivity index (χ0) is 18.1. The van der Waals surface area contributed by atoms with Crippen molar-refractivity contribution in [2.75, 3.05) is 20.2 Å². The van der Waals surface area contributed by atoms with E-state index in [1.807, 2.05) is 35.2 Å². The Hall–Kier alpha value is -2.82. The third kappa shape index (κ3) is 3.17. The predicted molar refractivity (Wildman–Crippen MR) is 100.0 cm³/mol. The maximum atomic E-state index is 13.1. The summed E-state index contributed by atoms with van der Waals surface area (Å²) < 4.78 is 6.83. The van der Waals surface area contributed by atoms with Gasteiger partial charge in [0.15, 0.2) is 0 Å². The highest BCUT2D eigenvalue weighted by Crippen LogP contribution is 2.36. The number of hydrogen-bond donors (Lipinski definition) is 0. The minimum atomic E-state index is -0.219. The van der Waals surface area contributed by atoms with E-state index in [4.69, 9.17) is 4.74 Å². The quantitative estimate of drug-likeness (QED) is 0.799. The summed E-state index contributed by atoms with van der Waals surface area (Å²) in [5.74, 6) is 0.255. The molecule has 0 radical (unpaired) electrons. The molecule has 1 aliphatic heterocycles. The molecule has 1 saturated carbocycles. The second-order valence-corrected chi connectivity index (χ2v) is 6.80. The van der Waals surface area contributed by atoms with Gasteiger partial charge in [0, 0.05) is 31.0 Å². The summed E-state index contributed by atoms with van der Waals surface area (Å²) in [6.45, 7) is 1.45. The molecule has 1 aromatic heterocycles. The maximum absolute atomic E-state index is 13.1. The van der Waals surface area contributed by atoms with Crippen LogP contribution in [-0.2, 0) is 0 Å². The largest absolute Gasteiger partial charge is 0.496 e. The molecule has 0 bridgehead atoms. The fourth-order valence-electron chi connectivity index (χ4n) is 3.56. The highest BCUT2D eigenvalue weighted by Gasteiger charge is 2.27. The lowest BCUT2D eigenvalue weighted by Gasteiger charge is -2.29. The van der Waals surface area contributed by atoms with E-state index in [2.05, 4.69) is 0 Å². The molecule has 5 heteroatoms. The summed E-state index contributed by atoms with van der Waals surface area (Å²) in [6.07, 6.45) is 6.00. The van der Waals surface area contributed by atoms with Gasteiger partial charge in [0.05, 0.1) is 12.7 Å². The third-order valence-corrected chi connectivity index (χ3v) is 5.15. The highest BCUT2D eigenvalue weighted by atomic mass is 16.5. The van der Waals surface area contributed by atoms with Crippen LogP contribution in [0, 0.1) is 0 Å². The number of para-hydroxylation sites is 1. The number of likely N-dealkylation sites (tertiary alicyclic amines) is 1. The zero-order valence-corrected chi connectivity index (χ0v) is 14.9. The molecule has 2 aromatic rings. The Morgan fingerprint density at radius 1 is 1.00 bits per heavy atom. The number of nitrogens with zero attached hydrogens (tertiary/aromatic N) is 2. The Kier molecular flexibility index (Phi) is 4.37. The zero-order valence-electron chi connectivity index (χ0n) is 14.9. The molecule has 5 nitrogen and oxygen atoms in total. The first kappa shape index (κ1) is 16.6. The van der Waals surface area contributed by atoms with Crippen molar-refractivity contribution in [1.82, 2.24) is 9.47 Å². The number of pyridine rings is 1. The number of methoxy groups -OCH3 is 1. The SMILES string of the molecule is COc1cc(=O)n(-c2ccccc2)cc1C(=O)N1CCC(=C2CC2)CC1. The number of ether oxygens (including phenoxy) is 1. The first-order chi connectivity index (χ1) is 12.7. The van der Waals surface area contributed by atoms with Gasteiger partial charge in [0.1, 0.15) is 5.75 Å². The third-order valence-electron chi connectivity index (χ3n) is 5.15. The summed E-state index contributed by atoms with van der Waals surface area (Å²) in [5.41, 5.74) is 4.07. The first-order valence-electron chi connectivity index (χ1n) is 9.02. The molecule has 1 saturated heterocycles. The number of aromatic nitrogens is 1. The molecular formula is C21H22N2O3. The molecule has 2 heterocycles. The van der Waals surface area contributed by atoms with E-state index in [-0.39, 0.29) is 11.5 Å². The van der Waals surface area contributed by atoms with Crippen LogP contribution in [0.5, 0.6) is 5.75 Å². The van der Waals surface area contributed by atoms with Crippen LogP contribution in [0.1, 0.15) is 36.0 Å². The maximum Gasteiger partial charge on any atom is 0.259 e. The van der Waals surface area contributed by atoms with Crippen LogP contribution in [0.25, 0.3) is 5.69 Å². The summed E-state index contributed by atoms with van der Waals surface area (Å²) in [5, 5.41) is 0. The number of carbonyl (C=O) groups is 1. The van der Waals surface area contributed by atoms with Crippen molar-refractivity contribution >= 4 is 5.91 Å². The van der Waals surface area contributed by atoms with Gasteiger partial charge in [0.2, 0.25) is 0 Å². The fraction of sp³-hybridized carbons (Fsp3) is 0.333. The Labute approximate surface area is 152 Å². The Morgan fingerprint density at radius 3 is 2.27 bits per heavy atom. The van der Waals surface area contributed by atoms with Crippen molar-refractivity contribution in [1.29, 1.82) is 0 Å². The summed E-state index contributed by atoms with van der Waals surface area (Å²) in [7, 11) is 1.49. The number of carbonyl (C=O) groups excluding carboxylic acids is 1. The van der Waals surface area contributed by atoms with Crippen molar-refractivity contribution in [3.8, 4) is 11.4 Å². The van der Waals surface area contributed by atoms with Crippen LogP contribution in [-0.4, -0.2) is 35.6 Å². The number of hydrogen-bond acceptors (Lipinski definition) is 3. The van der Waals surface area contributed by atoms with E-state index in [9.17, 15) is 9.59 Å². The van der Waals surface area contributed by atoms with Crippen molar-refractivity contribution in [3.63, 3.8) is 0 Å². The van der Waals surface area contributed by atoms with E-state index in [1.54, 1.807) is 11.8 Å². The normalized spacial score (nSPS) is 16.6. The minimum Gasteiger partial charge on any atom is -0.496 e. The molecule has 26 heavy (non-hydrogen) atoms. The van der Waals surface area contributed by atoms with Gasteiger partial charge in [-0.05, 0) is 37.8 Å². The lowest BCUT2D eigenvalue weighted by molar-refractivity contribution is 0.0739. The van der Waals surface area contributed by atoms with Crippen LogP contribution in [0.3, 0.4) is 0 Å². The molecule has 134 valence electrons. The molecule has 0 atom stereocenters. The van der Waals surface area contributed by atoms with Crippen molar-refractivity contribution in [2.45, 2.75) is 25.7 Å². The molecule has 0 N–H and O–H groups in total. The van der Waals surface area contributed by atoms with E-state index < -0.39 is 0 Å². The summed E-state index contributed by atoms with van der Waals surface area (Å²) in [6, 6.07) is 10.7. The molecule has 1 aromatic carbocycles. The Balaban J connectivity index is 1.65. The van der Waals surface area contributed by atoms with E-state index in [0.717, 1.165) is 31.6 Å². The van der Waals surface area contributed by atoms with Gasteiger partial charge < -0.3 is 9.64 Å². The molecule has 0 spiro atoms. The van der Waals surface area contributed by atoms with Crippen LogP contribution >= 0.6 is 0 Å². The molecule has 2 fully saturated rings. The Morgan fingerprint density at radius 2 is 1.65 bits per heavy atom. The minimum absolute atomic E-state index is 0.0774. The summed E-state index contributed by atoms with van der Waals surface area (Å²) in [4.78, 5) is 27.4. The second-order valence-electron chi connectivity index (χ2n) is 6.80. The van der Waals surface area contributed by atoms with Gasteiger partial charge in [-0.3, -0.25) is 14.2 Å². The van der Waals surface area contributed by atoms with Crippen molar-refractivity contribution < 1.29 is 9.53 Å². The topological polar surface area (TPSA) is 51.5 Å². The summed E-state index contributed by atoms with van der Waals surface area (Å²) >= 11 is 0. The molecular weight excluding hydrogens is 328 g/mol. The predicted octanol–water partition coefficient (Wildman–Crippen LogP) is 3.17. The Bertz CT molecular complexity index is 912. The van der Waals surface area contributed by atoms with E-state index in [1.165, 1.54) is 36.2 Å².